The van der Waals surface area contributed by atoms with Crippen LogP contribution in [0.25, 0.3) is 0 Å². The Labute approximate surface area is 138 Å². The third kappa shape index (κ3) is 7.66. The number of hydrogen-bond donors (Lipinski definition) is 1. The van der Waals surface area contributed by atoms with Crippen LogP contribution in [0.4, 0.5) is 0 Å². The average Bonchev–Trinajstić information content (AvgIpc) is 2.43. The van der Waals surface area contributed by atoms with Gasteiger partial charge in [-0.05, 0) is 31.0 Å². The Morgan fingerprint density at radius 3 is 2.50 bits per heavy atom. The van der Waals surface area contributed by atoms with E-state index in [0.717, 1.165) is 18.1 Å². The largest absolute Gasteiger partial charge is 0.357 e. The molecule has 1 aromatic carbocycles. The summed E-state index contributed by atoms with van der Waals surface area (Å²) in [6.07, 6.45) is 1.77. The maximum atomic E-state index is 11.1. The summed E-state index contributed by atoms with van der Waals surface area (Å²) in [5.74, 6) is 0.933. The first-order chi connectivity index (χ1) is 10.3. The smallest absolute Gasteiger partial charge is 0.193 e. The topological polar surface area (TPSA) is 61.8 Å². The molecule has 0 radical (unpaired) electrons. The third-order valence-corrected chi connectivity index (χ3v) is 4.25. The van der Waals surface area contributed by atoms with Crippen LogP contribution < -0.4 is 5.32 Å². The molecule has 1 rings (SSSR count). The molecule has 0 aromatic heterocycles. The quantitative estimate of drug-likeness (QED) is 0.467. The zero-order chi connectivity index (χ0) is 16.6. The van der Waals surface area contributed by atoms with Gasteiger partial charge in [0.05, 0.1) is 5.75 Å². The highest BCUT2D eigenvalue weighted by Crippen LogP contribution is 2.11. The predicted octanol–water partition coefficient (Wildman–Crippen LogP) is 2.17. The Morgan fingerprint density at radius 2 is 1.95 bits per heavy atom. The Balaban J connectivity index is 2.61. The molecule has 0 saturated heterocycles. The van der Waals surface area contributed by atoms with E-state index in [1.165, 1.54) is 6.26 Å². The summed E-state index contributed by atoms with van der Waals surface area (Å²) in [6.45, 7) is 3.95. The van der Waals surface area contributed by atoms with Gasteiger partial charge in [0, 0.05) is 38.0 Å². The second kappa shape index (κ2) is 9.00. The highest BCUT2D eigenvalue weighted by Gasteiger charge is 2.07. The molecular formula is C15H24ClN3O2S. The first-order valence-corrected chi connectivity index (χ1v) is 9.67. The van der Waals surface area contributed by atoms with E-state index < -0.39 is 9.84 Å². The molecule has 22 heavy (non-hydrogen) atoms. The standard InChI is InChI=1S/C15H24ClN3O2S/c1-4-17-15(18-10-5-11-22(3,20)21)19(2)12-13-6-8-14(16)9-7-13/h6-9H,4-5,10-12H2,1-3H3,(H,17,18). The number of nitrogens with one attached hydrogen (secondary N) is 1. The molecule has 0 amide bonds. The fourth-order valence-corrected chi connectivity index (χ4v) is 2.70. The molecule has 0 aliphatic heterocycles. The predicted molar refractivity (Wildman–Crippen MR) is 93.2 cm³/mol. The first kappa shape index (κ1) is 18.8. The summed E-state index contributed by atoms with van der Waals surface area (Å²) in [4.78, 5) is 6.48. The van der Waals surface area contributed by atoms with Gasteiger partial charge >= 0.3 is 0 Å². The van der Waals surface area contributed by atoms with Gasteiger partial charge in [0.2, 0.25) is 0 Å². The van der Waals surface area contributed by atoms with Gasteiger partial charge in [-0.1, -0.05) is 23.7 Å². The maximum absolute atomic E-state index is 11.1. The van der Waals surface area contributed by atoms with Crippen molar-refractivity contribution < 1.29 is 8.42 Å². The monoisotopic (exact) mass is 345 g/mol. The van der Waals surface area contributed by atoms with Crippen LogP contribution in [0.3, 0.4) is 0 Å². The minimum absolute atomic E-state index is 0.163. The number of aliphatic imine (C=N–C) groups is 1. The fourth-order valence-electron chi connectivity index (χ4n) is 1.92. The lowest BCUT2D eigenvalue weighted by atomic mass is 10.2. The van der Waals surface area contributed by atoms with Crippen molar-refractivity contribution in [2.45, 2.75) is 19.9 Å². The van der Waals surface area contributed by atoms with E-state index in [4.69, 9.17) is 11.6 Å². The summed E-state index contributed by atoms with van der Waals surface area (Å²) >= 11 is 5.88. The van der Waals surface area contributed by atoms with Crippen molar-refractivity contribution in [3.05, 3.63) is 34.9 Å². The minimum atomic E-state index is -2.92. The number of guanidine groups is 1. The summed E-state index contributed by atoms with van der Waals surface area (Å²) in [5, 5.41) is 3.93. The van der Waals surface area contributed by atoms with Gasteiger partial charge < -0.3 is 10.2 Å². The molecule has 0 bridgehead atoms. The molecule has 7 heteroatoms. The van der Waals surface area contributed by atoms with Crippen LogP contribution in [-0.2, 0) is 16.4 Å². The zero-order valence-corrected chi connectivity index (χ0v) is 14.9. The highest BCUT2D eigenvalue weighted by molar-refractivity contribution is 7.90. The van der Waals surface area contributed by atoms with Gasteiger partial charge in [-0.3, -0.25) is 4.99 Å². The second-order valence-corrected chi connectivity index (χ2v) is 7.90. The molecule has 0 heterocycles. The zero-order valence-electron chi connectivity index (χ0n) is 13.3. The maximum Gasteiger partial charge on any atom is 0.193 e. The van der Waals surface area contributed by atoms with Crippen LogP contribution in [0, 0.1) is 0 Å². The van der Waals surface area contributed by atoms with Crippen LogP contribution >= 0.6 is 11.6 Å². The van der Waals surface area contributed by atoms with Crippen molar-refractivity contribution in [2.75, 3.05) is 32.1 Å². The van der Waals surface area contributed by atoms with E-state index in [0.29, 0.717) is 24.5 Å². The van der Waals surface area contributed by atoms with Crippen LogP contribution in [0.5, 0.6) is 0 Å². The molecule has 0 fully saturated rings. The summed E-state index contributed by atoms with van der Waals surface area (Å²) < 4.78 is 22.2. The molecule has 1 aromatic rings. The lowest BCUT2D eigenvalue weighted by Crippen LogP contribution is -2.38. The molecule has 0 spiro atoms. The normalized spacial score (nSPS) is 12.3. The molecule has 0 aliphatic carbocycles. The molecule has 5 nitrogen and oxygen atoms in total. The minimum Gasteiger partial charge on any atom is -0.357 e. The van der Waals surface area contributed by atoms with E-state index in [1.54, 1.807) is 0 Å². The summed E-state index contributed by atoms with van der Waals surface area (Å²) in [5.41, 5.74) is 1.13. The van der Waals surface area contributed by atoms with E-state index in [1.807, 2.05) is 43.1 Å². The van der Waals surface area contributed by atoms with Gasteiger partial charge in [0.15, 0.2) is 5.96 Å². The van der Waals surface area contributed by atoms with Gasteiger partial charge in [0.25, 0.3) is 0 Å². The van der Waals surface area contributed by atoms with Crippen molar-refractivity contribution in [3.63, 3.8) is 0 Å². The van der Waals surface area contributed by atoms with Crippen LogP contribution in [-0.4, -0.2) is 51.4 Å². The molecule has 0 aliphatic rings. The number of rotatable bonds is 7. The van der Waals surface area contributed by atoms with E-state index >= 15 is 0 Å². The van der Waals surface area contributed by atoms with Crippen molar-refractivity contribution >= 4 is 27.4 Å². The number of benzene rings is 1. The van der Waals surface area contributed by atoms with Crippen molar-refractivity contribution in [3.8, 4) is 0 Å². The fraction of sp³-hybridized carbons (Fsp3) is 0.533. The van der Waals surface area contributed by atoms with E-state index in [-0.39, 0.29) is 5.75 Å². The Bertz CT molecular complexity index is 585. The van der Waals surface area contributed by atoms with Crippen LogP contribution in [0.2, 0.25) is 5.02 Å². The number of halogens is 1. The molecule has 0 unspecified atom stereocenters. The second-order valence-electron chi connectivity index (χ2n) is 5.20. The van der Waals surface area contributed by atoms with Gasteiger partial charge in [-0.2, -0.15) is 0 Å². The average molecular weight is 346 g/mol. The molecular weight excluding hydrogens is 322 g/mol. The van der Waals surface area contributed by atoms with Gasteiger partial charge in [-0.15, -0.1) is 0 Å². The van der Waals surface area contributed by atoms with Gasteiger partial charge in [-0.25, -0.2) is 8.42 Å². The first-order valence-electron chi connectivity index (χ1n) is 7.23. The lowest BCUT2D eigenvalue weighted by molar-refractivity contribution is 0.477. The summed E-state index contributed by atoms with van der Waals surface area (Å²) in [7, 11) is -0.972. The third-order valence-electron chi connectivity index (χ3n) is 2.96. The Kier molecular flexibility index (Phi) is 7.68. The molecule has 0 atom stereocenters. The van der Waals surface area contributed by atoms with E-state index in [9.17, 15) is 8.42 Å². The number of hydrogen-bond acceptors (Lipinski definition) is 3. The van der Waals surface area contributed by atoms with Crippen LogP contribution in [0.15, 0.2) is 29.3 Å². The number of sulfone groups is 1. The highest BCUT2D eigenvalue weighted by atomic mass is 35.5. The van der Waals surface area contributed by atoms with Crippen molar-refractivity contribution in [1.29, 1.82) is 0 Å². The van der Waals surface area contributed by atoms with Crippen molar-refractivity contribution in [2.24, 2.45) is 4.99 Å². The summed E-state index contributed by atoms with van der Waals surface area (Å²) in [6, 6.07) is 7.68. The SMILES string of the molecule is CCNC(=NCCCS(C)(=O)=O)N(C)Cc1ccc(Cl)cc1. The number of nitrogens with zero attached hydrogens (tertiary/aromatic N) is 2. The van der Waals surface area contributed by atoms with Gasteiger partial charge in [0.1, 0.15) is 9.84 Å². The molecule has 124 valence electrons. The Hall–Kier alpha value is -1.27. The molecule has 0 saturated carbocycles. The van der Waals surface area contributed by atoms with Crippen molar-refractivity contribution in [1.82, 2.24) is 10.2 Å². The molecule has 1 N–H and O–H groups in total. The van der Waals surface area contributed by atoms with E-state index in [2.05, 4.69) is 10.3 Å². The van der Waals surface area contributed by atoms with Crippen LogP contribution in [0.1, 0.15) is 18.9 Å². The Morgan fingerprint density at radius 1 is 1.32 bits per heavy atom. The lowest BCUT2D eigenvalue weighted by Gasteiger charge is -2.22.